The van der Waals surface area contributed by atoms with Crippen molar-refractivity contribution >= 4 is 0 Å². The predicted octanol–water partition coefficient (Wildman–Crippen LogP) is 4.67. The van der Waals surface area contributed by atoms with Crippen LogP contribution in [0.15, 0.2) is 12.1 Å². The first-order chi connectivity index (χ1) is 9.11. The van der Waals surface area contributed by atoms with E-state index in [1.54, 1.807) is 12.1 Å². The summed E-state index contributed by atoms with van der Waals surface area (Å²) in [5.74, 6) is 0.710. The number of benzene rings is 1. The normalized spacial score (nSPS) is 18.5. The fraction of sp³-hybridized carbons (Fsp3) is 0.647. The fourth-order valence-electron chi connectivity index (χ4n) is 3.61. The third kappa shape index (κ3) is 3.56. The minimum absolute atomic E-state index is 0.119. The molecular weight excluding hydrogens is 237 g/mol. The van der Waals surface area contributed by atoms with E-state index in [2.05, 4.69) is 5.32 Å². The zero-order valence-electron chi connectivity index (χ0n) is 12.4. The Balaban J connectivity index is 2.16. The number of rotatable bonds is 4. The molecule has 19 heavy (non-hydrogen) atoms. The lowest BCUT2D eigenvalue weighted by molar-refractivity contribution is 0.305. The maximum atomic E-state index is 13.4. The number of hydrogen-bond donors (Lipinski definition) is 1. The van der Waals surface area contributed by atoms with Crippen LogP contribution in [0.5, 0.6) is 0 Å². The average Bonchev–Trinajstić information content (AvgIpc) is 2.37. The molecule has 1 atom stereocenters. The van der Waals surface area contributed by atoms with E-state index in [1.165, 1.54) is 44.1 Å². The highest BCUT2D eigenvalue weighted by molar-refractivity contribution is 5.37. The summed E-state index contributed by atoms with van der Waals surface area (Å²) >= 11 is 0. The van der Waals surface area contributed by atoms with E-state index >= 15 is 0 Å². The van der Waals surface area contributed by atoms with Crippen molar-refractivity contribution in [3.05, 3.63) is 34.6 Å². The van der Waals surface area contributed by atoms with E-state index < -0.39 is 0 Å². The van der Waals surface area contributed by atoms with Gasteiger partial charge < -0.3 is 5.32 Å². The summed E-state index contributed by atoms with van der Waals surface area (Å²) in [5.41, 5.74) is 3.45. The molecule has 0 aliphatic heterocycles. The first-order valence-electron chi connectivity index (χ1n) is 7.55. The average molecular weight is 263 g/mol. The second kappa shape index (κ2) is 6.51. The van der Waals surface area contributed by atoms with Gasteiger partial charge in [0.2, 0.25) is 0 Å². The Morgan fingerprint density at radius 2 is 1.74 bits per heavy atom. The van der Waals surface area contributed by atoms with Crippen molar-refractivity contribution in [2.24, 2.45) is 5.92 Å². The molecule has 1 aromatic carbocycles. The molecule has 1 N–H and O–H groups in total. The van der Waals surface area contributed by atoms with Crippen molar-refractivity contribution in [2.45, 2.75) is 58.4 Å². The fourth-order valence-corrected chi connectivity index (χ4v) is 3.61. The molecule has 0 saturated heterocycles. The maximum absolute atomic E-state index is 13.4. The van der Waals surface area contributed by atoms with Crippen molar-refractivity contribution in [1.82, 2.24) is 5.32 Å². The van der Waals surface area contributed by atoms with Gasteiger partial charge in [-0.1, -0.05) is 32.1 Å². The molecule has 1 saturated carbocycles. The second-order valence-electron chi connectivity index (χ2n) is 6.03. The molecule has 0 bridgehead atoms. The summed E-state index contributed by atoms with van der Waals surface area (Å²) in [4.78, 5) is 0. The van der Waals surface area contributed by atoms with Crippen molar-refractivity contribution < 1.29 is 4.39 Å². The van der Waals surface area contributed by atoms with Crippen LogP contribution in [-0.4, -0.2) is 7.05 Å². The van der Waals surface area contributed by atoms with Gasteiger partial charge in [-0.2, -0.15) is 0 Å². The summed E-state index contributed by atoms with van der Waals surface area (Å²) in [6.45, 7) is 4.05. The smallest absolute Gasteiger partial charge is 0.123 e. The highest BCUT2D eigenvalue weighted by Gasteiger charge is 2.21. The molecular formula is C17H26FN. The zero-order valence-corrected chi connectivity index (χ0v) is 12.4. The molecule has 1 aromatic rings. The molecule has 0 spiro atoms. The van der Waals surface area contributed by atoms with Crippen LogP contribution in [0, 0.1) is 25.6 Å². The molecule has 2 heteroatoms. The Bertz CT molecular complexity index is 398. The summed E-state index contributed by atoms with van der Waals surface area (Å²) in [5, 5.41) is 3.44. The van der Waals surface area contributed by atoms with Crippen LogP contribution in [0.2, 0.25) is 0 Å². The summed E-state index contributed by atoms with van der Waals surface area (Å²) < 4.78 is 13.4. The third-order valence-electron chi connectivity index (χ3n) is 4.55. The summed E-state index contributed by atoms with van der Waals surface area (Å²) in [6, 6.07) is 3.69. The molecule has 0 heterocycles. The first kappa shape index (κ1) is 14.5. The Labute approximate surface area is 116 Å². The molecule has 1 unspecified atom stereocenters. The van der Waals surface area contributed by atoms with Gasteiger partial charge in [0.1, 0.15) is 5.82 Å². The Hall–Kier alpha value is -0.890. The summed E-state index contributed by atoms with van der Waals surface area (Å²) in [7, 11) is 2.02. The molecule has 2 rings (SSSR count). The molecule has 0 amide bonds. The van der Waals surface area contributed by atoms with E-state index in [0.717, 1.165) is 17.0 Å². The van der Waals surface area contributed by atoms with Gasteiger partial charge >= 0.3 is 0 Å². The SMILES string of the molecule is CNC(CC1CCCCC1)c1c(C)cc(F)cc1C. The number of halogens is 1. The molecule has 106 valence electrons. The summed E-state index contributed by atoms with van der Waals surface area (Å²) in [6.07, 6.45) is 8.05. The lowest BCUT2D eigenvalue weighted by Crippen LogP contribution is -2.23. The molecule has 1 aliphatic carbocycles. The minimum Gasteiger partial charge on any atom is -0.313 e. The van der Waals surface area contributed by atoms with Crippen LogP contribution < -0.4 is 5.32 Å². The lowest BCUT2D eigenvalue weighted by atomic mass is 9.82. The van der Waals surface area contributed by atoms with Gasteiger partial charge in [0.05, 0.1) is 0 Å². The van der Waals surface area contributed by atoms with Crippen molar-refractivity contribution in [2.75, 3.05) is 7.05 Å². The molecule has 1 nitrogen and oxygen atoms in total. The van der Waals surface area contributed by atoms with Gasteiger partial charge in [-0.25, -0.2) is 4.39 Å². The molecule has 0 aromatic heterocycles. The first-order valence-corrected chi connectivity index (χ1v) is 7.55. The van der Waals surface area contributed by atoms with Gasteiger partial charge in [0, 0.05) is 6.04 Å². The van der Waals surface area contributed by atoms with Crippen LogP contribution in [0.25, 0.3) is 0 Å². The van der Waals surface area contributed by atoms with Gasteiger partial charge in [0.15, 0.2) is 0 Å². The van der Waals surface area contributed by atoms with Gasteiger partial charge in [-0.15, -0.1) is 0 Å². The lowest BCUT2D eigenvalue weighted by Gasteiger charge is -2.28. The highest BCUT2D eigenvalue weighted by atomic mass is 19.1. The minimum atomic E-state index is -0.119. The van der Waals surface area contributed by atoms with Crippen LogP contribution in [0.1, 0.15) is 61.3 Å². The zero-order chi connectivity index (χ0) is 13.8. The predicted molar refractivity (Wildman–Crippen MR) is 78.9 cm³/mol. The Kier molecular flexibility index (Phi) is 4.98. The topological polar surface area (TPSA) is 12.0 Å². The number of hydrogen-bond acceptors (Lipinski definition) is 1. The molecule has 1 aliphatic rings. The monoisotopic (exact) mass is 263 g/mol. The molecule has 0 radical (unpaired) electrons. The van der Waals surface area contributed by atoms with Crippen molar-refractivity contribution in [1.29, 1.82) is 0 Å². The van der Waals surface area contributed by atoms with E-state index in [0.29, 0.717) is 6.04 Å². The third-order valence-corrected chi connectivity index (χ3v) is 4.55. The Morgan fingerprint density at radius 3 is 2.26 bits per heavy atom. The van der Waals surface area contributed by atoms with Crippen LogP contribution in [0.3, 0.4) is 0 Å². The van der Waals surface area contributed by atoms with Crippen molar-refractivity contribution in [3.63, 3.8) is 0 Å². The van der Waals surface area contributed by atoms with E-state index in [-0.39, 0.29) is 5.82 Å². The van der Waals surface area contributed by atoms with Gasteiger partial charge in [0.25, 0.3) is 0 Å². The Morgan fingerprint density at radius 1 is 1.16 bits per heavy atom. The van der Waals surface area contributed by atoms with Crippen LogP contribution >= 0.6 is 0 Å². The van der Waals surface area contributed by atoms with Crippen LogP contribution in [-0.2, 0) is 0 Å². The van der Waals surface area contributed by atoms with Crippen molar-refractivity contribution in [3.8, 4) is 0 Å². The number of aryl methyl sites for hydroxylation is 2. The largest absolute Gasteiger partial charge is 0.313 e. The quantitative estimate of drug-likeness (QED) is 0.832. The van der Waals surface area contributed by atoms with Gasteiger partial charge in [-0.05, 0) is 62.1 Å². The van der Waals surface area contributed by atoms with Crippen LogP contribution in [0.4, 0.5) is 4.39 Å². The van der Waals surface area contributed by atoms with E-state index in [9.17, 15) is 4.39 Å². The highest BCUT2D eigenvalue weighted by Crippen LogP contribution is 2.34. The molecule has 1 fully saturated rings. The number of nitrogens with one attached hydrogen (secondary N) is 1. The second-order valence-corrected chi connectivity index (χ2v) is 6.03. The van der Waals surface area contributed by atoms with E-state index in [4.69, 9.17) is 0 Å². The van der Waals surface area contributed by atoms with Gasteiger partial charge in [-0.3, -0.25) is 0 Å². The maximum Gasteiger partial charge on any atom is 0.123 e. The van der Waals surface area contributed by atoms with E-state index in [1.807, 2.05) is 20.9 Å². The standard InChI is InChI=1S/C17H26FN/c1-12-9-15(18)10-13(2)17(12)16(19-3)11-14-7-5-4-6-8-14/h9-10,14,16,19H,4-8,11H2,1-3H3.